The van der Waals surface area contributed by atoms with E-state index in [-0.39, 0.29) is 70.8 Å². The molecule has 4 atom stereocenters. The summed E-state index contributed by atoms with van der Waals surface area (Å²) in [6, 6.07) is 105. The highest BCUT2D eigenvalue weighted by Gasteiger charge is 2.41. The molecule has 0 spiro atoms. The summed E-state index contributed by atoms with van der Waals surface area (Å²) in [7, 11) is 0. The van der Waals surface area contributed by atoms with Crippen molar-refractivity contribution < 1.29 is 72.2 Å². The molecule has 0 unspecified atom stereocenters. The van der Waals surface area contributed by atoms with E-state index in [1.807, 2.05) is 341 Å². The molecule has 13 aromatic carbocycles. The Morgan fingerprint density at radius 3 is 1.06 bits per heavy atom. The van der Waals surface area contributed by atoms with E-state index >= 15 is 0 Å². The number of hydrogen-bond acceptors (Lipinski definition) is 13. The number of amides is 4. The van der Waals surface area contributed by atoms with Crippen molar-refractivity contribution in [1.29, 1.82) is 0 Å². The first kappa shape index (κ1) is 97.9. The Balaban J connectivity index is 0.000000185. The molecule has 2 saturated heterocycles. The molecule has 0 bridgehead atoms. The Labute approximate surface area is 788 Å². The molecule has 2 fully saturated rings. The number of aryl methyl sites for hydroxylation is 1. The Hall–Kier alpha value is -11.9. The molecule has 0 saturated carbocycles. The van der Waals surface area contributed by atoms with E-state index in [2.05, 4.69) is 79.6 Å². The number of imide groups is 2. The lowest BCUT2D eigenvalue weighted by Crippen LogP contribution is -2.35. The van der Waals surface area contributed by atoms with E-state index < -0.39 is 42.1 Å². The van der Waals surface area contributed by atoms with Gasteiger partial charge in [0.2, 0.25) is 5.91 Å². The standard InChI is InChI=1S/C31H26BrNO4.C25H20BrNO4.C22H19BrO3.C16H13BrO3.C8H7BrO.2H2S/c32-25-16-17-29(36-20-22-10-4-1-5-11-22)27(18-25)26(23-12-6-2-7-13-23)19-30(34)33-28(21-37-31(33)35)24-14-8-3-9-15-24;26-21-12-13-23(30-16-18-7-3-1-4-8-18)20(15-21)11-14-24(28)27-22(17-31-25(27)29)19-9-5-2-6-10-19;23-18-11-12-21(26-15-16-7-3-1-4-8-16)20(13-18)19(14-22(24)25)17-9-5-2-6-10-17;17-14-7-8-15(13(10-14)6-9-16(18)19)20-11-12-4-2-1-3-5-12;1-6-2-3-8(9)4-7(6)5-10;;/h1-18,26,28H,19-21H2;1-15,22H,16-17H2;1-13,19H,14-15H2,(H,24,25);1-10H,11H2,(H,18,19);2-5H,1H3;2*1H2/b;14-11+;;9-6+;;;/t26-,28-;22-;19-;;;;/m000..../s1. The Morgan fingerprint density at radius 2 is 0.698 bits per heavy atom. The first-order chi connectivity index (χ1) is 60.2. The lowest BCUT2D eigenvalue weighted by atomic mass is 9.87. The molecule has 644 valence electrons. The third-order valence-corrected chi connectivity index (χ3v) is 22.0. The van der Waals surface area contributed by atoms with Gasteiger partial charge >= 0.3 is 24.1 Å². The number of nitrogens with zero attached hydrogens (tertiary/aromatic N) is 2. The number of ether oxygens (including phenoxy) is 6. The molecule has 0 aromatic heterocycles. The first-order valence-electron chi connectivity index (χ1n) is 39.3. The molecule has 4 amide bonds. The lowest BCUT2D eigenvalue weighted by molar-refractivity contribution is -0.137. The fourth-order valence-electron chi connectivity index (χ4n) is 13.3. The Bertz CT molecular complexity index is 5780. The van der Waals surface area contributed by atoms with Crippen LogP contribution in [-0.2, 0) is 55.1 Å². The second-order valence-corrected chi connectivity index (χ2v) is 32.7. The molecular weight excluding hydrogens is 1960 g/mol. The maximum absolute atomic E-state index is 13.7. The van der Waals surface area contributed by atoms with Gasteiger partial charge in [0, 0.05) is 80.6 Å². The normalized spacial score (nSPS) is 13.4. The van der Waals surface area contributed by atoms with E-state index in [4.69, 9.17) is 33.5 Å². The minimum absolute atomic E-state index is 0. The number of carboxylic acids is 2. The van der Waals surface area contributed by atoms with Crippen LogP contribution < -0.4 is 18.9 Å². The topological polar surface area (TPSA) is 222 Å². The van der Waals surface area contributed by atoms with E-state index in [0.29, 0.717) is 49.4 Å². The third kappa shape index (κ3) is 29.9. The largest absolute Gasteiger partial charge is 0.489 e. The van der Waals surface area contributed by atoms with Crippen LogP contribution >= 0.6 is 107 Å². The molecule has 2 heterocycles. The van der Waals surface area contributed by atoms with Crippen LogP contribution in [0.4, 0.5) is 9.59 Å². The highest BCUT2D eigenvalue weighted by molar-refractivity contribution is 9.11. The van der Waals surface area contributed by atoms with Gasteiger partial charge in [0.15, 0.2) is 0 Å². The van der Waals surface area contributed by atoms with Crippen LogP contribution in [0.15, 0.2) is 368 Å². The van der Waals surface area contributed by atoms with Crippen LogP contribution in [0.3, 0.4) is 0 Å². The second-order valence-electron chi connectivity index (χ2n) is 28.2. The van der Waals surface area contributed by atoms with Gasteiger partial charge in [-0.1, -0.05) is 328 Å². The predicted octanol–water partition coefficient (Wildman–Crippen LogP) is 25.6. The Morgan fingerprint density at radius 1 is 0.389 bits per heavy atom. The van der Waals surface area contributed by atoms with Crippen molar-refractivity contribution in [2.24, 2.45) is 0 Å². The Kier molecular flexibility index (Phi) is 39.6. The number of halogens is 5. The average molecular weight is 2050 g/mol. The van der Waals surface area contributed by atoms with Crippen molar-refractivity contribution in [3.63, 3.8) is 0 Å². The van der Waals surface area contributed by atoms with Crippen LogP contribution in [0, 0.1) is 6.92 Å². The number of aliphatic carboxylic acids is 2. The number of benzene rings is 13. The van der Waals surface area contributed by atoms with E-state index in [1.54, 1.807) is 6.08 Å². The molecule has 0 radical (unpaired) electrons. The summed E-state index contributed by atoms with van der Waals surface area (Å²) in [5, 5.41) is 18.1. The number of aldehydes is 1. The van der Waals surface area contributed by atoms with Gasteiger partial charge in [-0.15, -0.1) is 0 Å². The summed E-state index contributed by atoms with van der Waals surface area (Å²) in [5.74, 6) is -0.492. The maximum atomic E-state index is 13.7. The van der Waals surface area contributed by atoms with Gasteiger partial charge in [0.05, 0.1) is 6.42 Å². The highest BCUT2D eigenvalue weighted by Crippen LogP contribution is 2.41. The third-order valence-electron chi connectivity index (χ3n) is 19.5. The predicted molar refractivity (Wildman–Crippen MR) is 519 cm³/mol. The molecule has 15 rings (SSSR count). The number of carbonyl (C=O) groups excluding carboxylic acids is 5. The zero-order valence-electron chi connectivity index (χ0n) is 68.1. The fourth-order valence-corrected chi connectivity index (χ4v) is 15.2. The minimum Gasteiger partial charge on any atom is -0.489 e. The molecule has 2 aliphatic rings. The maximum Gasteiger partial charge on any atom is 0.417 e. The van der Waals surface area contributed by atoms with E-state index in [0.717, 1.165) is 118 Å². The van der Waals surface area contributed by atoms with Crippen molar-refractivity contribution >= 4 is 161 Å². The molecule has 13 aromatic rings. The van der Waals surface area contributed by atoms with Crippen LogP contribution in [0.25, 0.3) is 12.2 Å². The van der Waals surface area contributed by atoms with Gasteiger partial charge in [0.1, 0.15) is 81.0 Å². The van der Waals surface area contributed by atoms with Gasteiger partial charge in [0.25, 0.3) is 5.91 Å². The SMILES string of the molecule is Cc1ccc(Br)cc1C=O.O=C(/C=C/c1cc(Br)ccc1OCc1ccccc1)N1C(=O)OC[C@H]1c1ccccc1.O=C(C[C@@H](c1ccccc1)c1cc(Br)ccc1OCc1ccccc1)N1C(=O)OC[C@H]1c1ccccc1.O=C(O)/C=C/c1cc(Br)ccc1OCc1ccccc1.O=C(O)C[C@@H](c1ccccc1)c1cc(Br)ccc1OCc1ccccc1.S.S. The summed E-state index contributed by atoms with van der Waals surface area (Å²) in [5.41, 5.74) is 12.8. The number of cyclic esters (lactones) is 2. The monoisotopic (exact) mass is 2040 g/mol. The highest BCUT2D eigenvalue weighted by atomic mass is 79.9. The number of rotatable bonds is 27. The van der Waals surface area contributed by atoms with Crippen LogP contribution in [0.5, 0.6) is 23.0 Å². The van der Waals surface area contributed by atoms with Crippen LogP contribution in [0.2, 0.25) is 0 Å². The molecule has 17 nitrogen and oxygen atoms in total. The van der Waals surface area contributed by atoms with Gasteiger partial charge in [-0.3, -0.25) is 19.2 Å². The zero-order valence-corrected chi connectivity index (χ0v) is 78.0. The molecule has 0 aliphatic carbocycles. The first-order valence-corrected chi connectivity index (χ1v) is 43.3. The van der Waals surface area contributed by atoms with Crippen molar-refractivity contribution in [3.05, 3.63) is 446 Å². The number of hydrogen-bond donors (Lipinski definition) is 2. The summed E-state index contributed by atoms with van der Waals surface area (Å²) in [6.45, 7) is 3.89. The summed E-state index contributed by atoms with van der Waals surface area (Å²) in [4.78, 5) is 86.4. The van der Waals surface area contributed by atoms with Gasteiger partial charge in [-0.25, -0.2) is 24.2 Å². The number of carbonyl (C=O) groups is 7. The molecular formula is C102H89Br5N2O15S2. The van der Waals surface area contributed by atoms with Crippen molar-refractivity contribution in [3.8, 4) is 23.0 Å². The van der Waals surface area contributed by atoms with Crippen LogP contribution in [-0.4, -0.2) is 75.5 Å². The zero-order chi connectivity index (χ0) is 87.5. The van der Waals surface area contributed by atoms with E-state index in [1.165, 1.54) is 17.1 Å². The van der Waals surface area contributed by atoms with E-state index in [9.17, 15) is 38.7 Å². The minimum atomic E-state index is -0.987. The lowest BCUT2D eigenvalue weighted by Gasteiger charge is -2.25. The van der Waals surface area contributed by atoms with Crippen molar-refractivity contribution in [1.82, 2.24) is 9.80 Å². The summed E-state index contributed by atoms with van der Waals surface area (Å²) in [6.07, 6.45) is 5.34. The quantitative estimate of drug-likeness (QED) is 0.0361. The van der Waals surface area contributed by atoms with Crippen molar-refractivity contribution in [2.45, 2.75) is 70.1 Å². The summed E-state index contributed by atoms with van der Waals surface area (Å²) >= 11 is 17.2. The molecule has 126 heavy (non-hydrogen) atoms. The fraction of sp³-hybridized carbons (Fsp3) is 0.127. The molecule has 2 aliphatic heterocycles. The van der Waals surface area contributed by atoms with Crippen LogP contribution in [0.1, 0.15) is 119 Å². The van der Waals surface area contributed by atoms with Gasteiger partial charge in [-0.2, -0.15) is 27.0 Å². The van der Waals surface area contributed by atoms with Gasteiger partial charge < -0.3 is 38.6 Å². The molecule has 24 heteroatoms. The number of carboxylic acid groups (broad SMARTS) is 2. The average Bonchev–Trinajstić information content (AvgIpc) is 1.77. The summed E-state index contributed by atoms with van der Waals surface area (Å²) < 4.78 is 38.9. The van der Waals surface area contributed by atoms with Crippen molar-refractivity contribution in [2.75, 3.05) is 13.2 Å². The van der Waals surface area contributed by atoms with Gasteiger partial charge in [-0.05, 0) is 154 Å². The second kappa shape index (κ2) is 50.9. The molecule has 2 N–H and O–H groups in total. The smallest absolute Gasteiger partial charge is 0.417 e.